The smallest absolute Gasteiger partial charge is 0.0262 e. The van der Waals surface area contributed by atoms with Crippen LogP contribution in [-0.4, -0.2) is 0 Å². The molecule has 0 saturated carbocycles. The minimum Gasteiger partial charge on any atom is -0.0985 e. The van der Waals surface area contributed by atoms with Crippen molar-refractivity contribution in [3.8, 4) is 0 Å². The fourth-order valence-corrected chi connectivity index (χ4v) is 1.24. The minimum atomic E-state index is 0. The van der Waals surface area contributed by atoms with E-state index in [4.69, 9.17) is 0 Å². The van der Waals surface area contributed by atoms with Crippen LogP contribution in [0, 0.1) is 13.8 Å². The fourth-order valence-electron chi connectivity index (χ4n) is 1.24. The second kappa shape index (κ2) is 12.6. The highest BCUT2D eigenvalue weighted by Gasteiger charge is 1.82. The number of rotatable bonds is 1. The molecule has 0 aliphatic carbocycles. The molecule has 0 aromatic heterocycles. The Balaban J connectivity index is 0. The van der Waals surface area contributed by atoms with E-state index in [0.717, 1.165) is 0 Å². The van der Waals surface area contributed by atoms with Gasteiger partial charge in [-0.2, -0.15) is 0 Å². The summed E-state index contributed by atoms with van der Waals surface area (Å²) in [4.78, 5) is 0. The third-order valence-corrected chi connectivity index (χ3v) is 2.25. The van der Waals surface area contributed by atoms with Crippen molar-refractivity contribution in [2.75, 3.05) is 0 Å². The van der Waals surface area contributed by atoms with Crippen molar-refractivity contribution >= 4 is 6.08 Å². The standard InChI is InChI=1S/C9H10.C7H8.C2H6.CH4/c1-3-9-6-4-8(2)5-7-9;1-7-5-3-2-4-6-7;1-2;/h3-7H,1H2,2H3;2-6H,1H3;1-2H3;1H4. The lowest BCUT2D eigenvalue weighted by Gasteiger charge is -1.91. The summed E-state index contributed by atoms with van der Waals surface area (Å²) in [6, 6.07) is 18.5. The van der Waals surface area contributed by atoms with Gasteiger partial charge in [0.15, 0.2) is 0 Å². The molecule has 0 nitrogen and oxygen atoms in total. The van der Waals surface area contributed by atoms with E-state index in [1.165, 1.54) is 16.7 Å². The van der Waals surface area contributed by atoms with Crippen molar-refractivity contribution in [3.05, 3.63) is 77.9 Å². The third-order valence-electron chi connectivity index (χ3n) is 2.25. The van der Waals surface area contributed by atoms with Crippen LogP contribution in [-0.2, 0) is 0 Å². The average molecular weight is 256 g/mol. The van der Waals surface area contributed by atoms with Gasteiger partial charge in [0, 0.05) is 0 Å². The largest absolute Gasteiger partial charge is 0.0985 e. The van der Waals surface area contributed by atoms with Crippen LogP contribution in [0.3, 0.4) is 0 Å². The van der Waals surface area contributed by atoms with E-state index in [1.807, 2.05) is 38.1 Å². The van der Waals surface area contributed by atoms with Crippen LogP contribution in [0.2, 0.25) is 0 Å². The lowest BCUT2D eigenvalue weighted by molar-refractivity contribution is 1.46. The zero-order chi connectivity index (χ0) is 13.8. The summed E-state index contributed by atoms with van der Waals surface area (Å²) in [7, 11) is 0. The molecule has 2 aromatic rings. The van der Waals surface area contributed by atoms with Crippen LogP contribution in [0.1, 0.15) is 38.0 Å². The van der Waals surface area contributed by atoms with Gasteiger partial charge in [0.1, 0.15) is 0 Å². The summed E-state index contributed by atoms with van der Waals surface area (Å²) in [6.07, 6.45) is 1.85. The highest BCUT2D eigenvalue weighted by molar-refractivity contribution is 5.46. The third kappa shape index (κ3) is 9.84. The highest BCUT2D eigenvalue weighted by atomic mass is 13.9. The molecular weight excluding hydrogens is 228 g/mol. The predicted octanol–water partition coefficient (Wildman–Crippen LogP) is 6.30. The summed E-state index contributed by atoms with van der Waals surface area (Å²) >= 11 is 0. The molecule has 0 heteroatoms. The minimum absolute atomic E-state index is 0. The fraction of sp³-hybridized carbons (Fsp3) is 0.263. The Labute approximate surface area is 119 Å². The molecule has 0 heterocycles. The first-order chi connectivity index (χ1) is 8.72. The van der Waals surface area contributed by atoms with Gasteiger partial charge < -0.3 is 0 Å². The Morgan fingerprint density at radius 2 is 1.16 bits per heavy atom. The molecule has 0 N–H and O–H groups in total. The van der Waals surface area contributed by atoms with Crippen LogP contribution >= 0.6 is 0 Å². The SMILES string of the molecule is C.C=Cc1ccc(C)cc1.CC.Cc1ccccc1. The van der Waals surface area contributed by atoms with Gasteiger partial charge in [-0.1, -0.05) is 99.7 Å². The molecule has 19 heavy (non-hydrogen) atoms. The average Bonchev–Trinajstić information content (AvgIpc) is 2.43. The second-order valence-corrected chi connectivity index (χ2v) is 3.77. The van der Waals surface area contributed by atoms with E-state index in [1.54, 1.807) is 0 Å². The van der Waals surface area contributed by atoms with Crippen molar-refractivity contribution in [1.82, 2.24) is 0 Å². The zero-order valence-corrected chi connectivity index (χ0v) is 12.0. The van der Waals surface area contributed by atoms with E-state index in [0.29, 0.717) is 0 Å². The van der Waals surface area contributed by atoms with Crippen LogP contribution in [0.25, 0.3) is 6.08 Å². The van der Waals surface area contributed by atoms with Crippen molar-refractivity contribution < 1.29 is 0 Å². The van der Waals surface area contributed by atoms with Gasteiger partial charge in [-0.15, -0.1) is 0 Å². The van der Waals surface area contributed by atoms with Crippen molar-refractivity contribution in [1.29, 1.82) is 0 Å². The van der Waals surface area contributed by atoms with Gasteiger partial charge in [0.25, 0.3) is 0 Å². The lowest BCUT2D eigenvalue weighted by Crippen LogP contribution is -1.71. The van der Waals surface area contributed by atoms with Gasteiger partial charge >= 0.3 is 0 Å². The quantitative estimate of drug-likeness (QED) is 0.562. The normalized spacial score (nSPS) is 7.79. The predicted molar refractivity (Wildman–Crippen MR) is 90.5 cm³/mol. The van der Waals surface area contributed by atoms with E-state index in [9.17, 15) is 0 Å². The maximum atomic E-state index is 3.66. The molecule has 0 fully saturated rings. The Morgan fingerprint density at radius 3 is 1.47 bits per heavy atom. The maximum absolute atomic E-state index is 3.66. The monoisotopic (exact) mass is 256 g/mol. The molecule has 0 aliphatic heterocycles. The molecule has 104 valence electrons. The van der Waals surface area contributed by atoms with Crippen LogP contribution in [0.5, 0.6) is 0 Å². The molecule has 0 saturated heterocycles. The molecule has 0 bridgehead atoms. The molecular formula is C19H28. The summed E-state index contributed by atoms with van der Waals surface area (Å²) in [5, 5.41) is 0. The van der Waals surface area contributed by atoms with Gasteiger partial charge in [-0.05, 0) is 19.4 Å². The lowest BCUT2D eigenvalue weighted by atomic mass is 10.2. The van der Waals surface area contributed by atoms with Gasteiger partial charge in [0.05, 0.1) is 0 Å². The first-order valence-electron chi connectivity index (χ1n) is 6.43. The number of hydrogen-bond donors (Lipinski definition) is 0. The zero-order valence-electron chi connectivity index (χ0n) is 12.0. The maximum Gasteiger partial charge on any atom is -0.0262 e. The van der Waals surface area contributed by atoms with E-state index >= 15 is 0 Å². The number of aryl methyl sites for hydroxylation is 2. The molecule has 0 unspecified atom stereocenters. The van der Waals surface area contributed by atoms with E-state index in [2.05, 4.69) is 56.8 Å². The first kappa shape index (κ1) is 19.5. The molecule has 0 spiro atoms. The van der Waals surface area contributed by atoms with Crippen molar-refractivity contribution in [2.45, 2.75) is 35.1 Å². The van der Waals surface area contributed by atoms with Crippen LogP contribution in [0.15, 0.2) is 61.2 Å². The van der Waals surface area contributed by atoms with Crippen LogP contribution in [0.4, 0.5) is 0 Å². The van der Waals surface area contributed by atoms with Gasteiger partial charge in [-0.3, -0.25) is 0 Å². The summed E-state index contributed by atoms with van der Waals surface area (Å²) < 4.78 is 0. The van der Waals surface area contributed by atoms with E-state index in [-0.39, 0.29) is 7.43 Å². The topological polar surface area (TPSA) is 0 Å². The van der Waals surface area contributed by atoms with E-state index < -0.39 is 0 Å². The molecule has 2 rings (SSSR count). The Morgan fingerprint density at radius 1 is 0.737 bits per heavy atom. The molecule has 0 aliphatic rings. The summed E-state index contributed by atoms with van der Waals surface area (Å²) in [5.74, 6) is 0. The van der Waals surface area contributed by atoms with Crippen LogP contribution < -0.4 is 0 Å². The number of hydrogen-bond acceptors (Lipinski definition) is 0. The molecule has 0 amide bonds. The van der Waals surface area contributed by atoms with Gasteiger partial charge in [-0.25, -0.2) is 0 Å². The summed E-state index contributed by atoms with van der Waals surface area (Å²) in [5.41, 5.74) is 3.80. The Bertz CT molecular complexity index is 410. The summed E-state index contributed by atoms with van der Waals surface area (Å²) in [6.45, 7) is 11.8. The highest BCUT2D eigenvalue weighted by Crippen LogP contribution is 2.02. The van der Waals surface area contributed by atoms with Crippen molar-refractivity contribution in [3.63, 3.8) is 0 Å². The second-order valence-electron chi connectivity index (χ2n) is 3.77. The van der Waals surface area contributed by atoms with Crippen molar-refractivity contribution in [2.24, 2.45) is 0 Å². The molecule has 0 atom stereocenters. The molecule has 0 radical (unpaired) electrons. The Hall–Kier alpha value is -1.82. The molecule has 2 aromatic carbocycles. The van der Waals surface area contributed by atoms with Gasteiger partial charge in [0.2, 0.25) is 0 Å². The number of benzene rings is 2. The first-order valence-corrected chi connectivity index (χ1v) is 6.43. The Kier molecular flexibility index (Phi) is 13.0.